The Labute approximate surface area is 135 Å². The number of hydrogen-bond donors (Lipinski definition) is 1. The number of carbonyl (C=O) groups excluding carboxylic acids is 1. The van der Waals surface area contributed by atoms with E-state index in [4.69, 9.17) is 4.52 Å². The van der Waals surface area contributed by atoms with Gasteiger partial charge in [0.15, 0.2) is 0 Å². The largest absolute Gasteiger partial charge is 0.351 e. The number of anilines is 1. The summed E-state index contributed by atoms with van der Waals surface area (Å²) in [7, 11) is 0. The molecule has 23 heavy (non-hydrogen) atoms. The Morgan fingerprint density at radius 1 is 1.26 bits per heavy atom. The number of nitrogens with one attached hydrogen (secondary N) is 1. The molecule has 120 valence electrons. The molecule has 0 atom stereocenters. The Balaban J connectivity index is 1.41. The second kappa shape index (κ2) is 6.16. The molecule has 2 aliphatic rings. The molecule has 1 amide bonds. The smallest absolute Gasteiger partial charge is 0.294 e. The first-order chi connectivity index (χ1) is 11.3. The van der Waals surface area contributed by atoms with Crippen LogP contribution in [0.3, 0.4) is 0 Å². The predicted octanol–water partition coefficient (Wildman–Crippen LogP) is 3.40. The number of benzene rings is 1. The molecule has 4 rings (SSSR count). The highest BCUT2D eigenvalue weighted by Crippen LogP contribution is 2.39. The fourth-order valence-electron chi connectivity index (χ4n) is 3.11. The van der Waals surface area contributed by atoms with E-state index in [0.29, 0.717) is 5.92 Å². The standard InChI is InChI=1S/C18H21N3O2/c22-18(17-11-16(20-23-17)14-6-7-14)19-15-5-3-4-13(10-15)12-21-8-1-2-9-21/h3-5,10-11,14H,1-2,6-9,12H2,(H,19,22). The molecular formula is C18H21N3O2. The van der Waals surface area contributed by atoms with E-state index < -0.39 is 0 Å². The number of nitrogens with zero attached hydrogens (tertiary/aromatic N) is 2. The molecule has 0 bridgehead atoms. The van der Waals surface area contributed by atoms with Gasteiger partial charge in [-0.25, -0.2) is 0 Å². The van der Waals surface area contributed by atoms with Gasteiger partial charge in [0.2, 0.25) is 5.76 Å². The first kappa shape index (κ1) is 14.5. The maximum atomic E-state index is 12.3. The van der Waals surface area contributed by atoms with Gasteiger partial charge < -0.3 is 9.84 Å². The zero-order chi connectivity index (χ0) is 15.6. The third-order valence-electron chi connectivity index (χ3n) is 4.54. The van der Waals surface area contributed by atoms with Gasteiger partial charge in [0.25, 0.3) is 5.91 Å². The Morgan fingerprint density at radius 2 is 2.09 bits per heavy atom. The number of aromatic nitrogens is 1. The fraction of sp³-hybridized carbons (Fsp3) is 0.444. The topological polar surface area (TPSA) is 58.4 Å². The summed E-state index contributed by atoms with van der Waals surface area (Å²) in [6.07, 6.45) is 4.86. The van der Waals surface area contributed by atoms with Crippen molar-refractivity contribution in [2.24, 2.45) is 0 Å². The summed E-state index contributed by atoms with van der Waals surface area (Å²) in [5.41, 5.74) is 2.93. The Morgan fingerprint density at radius 3 is 2.87 bits per heavy atom. The first-order valence-electron chi connectivity index (χ1n) is 8.37. The van der Waals surface area contributed by atoms with Gasteiger partial charge in [0.1, 0.15) is 0 Å². The Hall–Kier alpha value is -2.14. The van der Waals surface area contributed by atoms with E-state index in [1.165, 1.54) is 31.5 Å². The lowest BCUT2D eigenvalue weighted by Crippen LogP contribution is -2.18. The predicted molar refractivity (Wildman–Crippen MR) is 87.4 cm³/mol. The van der Waals surface area contributed by atoms with Crippen LogP contribution in [-0.4, -0.2) is 29.1 Å². The van der Waals surface area contributed by atoms with Crippen LogP contribution in [0.4, 0.5) is 5.69 Å². The minimum Gasteiger partial charge on any atom is -0.351 e. The summed E-state index contributed by atoms with van der Waals surface area (Å²) in [6, 6.07) is 9.80. The van der Waals surface area contributed by atoms with Crippen molar-refractivity contribution < 1.29 is 9.32 Å². The van der Waals surface area contributed by atoms with E-state index >= 15 is 0 Å². The average Bonchev–Trinajstić information content (AvgIpc) is 3.07. The van der Waals surface area contributed by atoms with E-state index in [2.05, 4.69) is 21.4 Å². The van der Waals surface area contributed by atoms with Crippen molar-refractivity contribution >= 4 is 11.6 Å². The molecule has 0 unspecified atom stereocenters. The molecule has 1 saturated heterocycles. The number of likely N-dealkylation sites (tertiary alicyclic amines) is 1. The zero-order valence-electron chi connectivity index (χ0n) is 13.1. The molecule has 1 aromatic heterocycles. The highest BCUT2D eigenvalue weighted by Gasteiger charge is 2.28. The molecular weight excluding hydrogens is 290 g/mol. The number of rotatable bonds is 5. The highest BCUT2D eigenvalue weighted by atomic mass is 16.5. The van der Waals surface area contributed by atoms with Gasteiger partial charge in [-0.1, -0.05) is 17.3 Å². The van der Waals surface area contributed by atoms with Crippen molar-refractivity contribution in [3.63, 3.8) is 0 Å². The van der Waals surface area contributed by atoms with Gasteiger partial charge >= 0.3 is 0 Å². The van der Waals surface area contributed by atoms with Crippen LogP contribution in [0.15, 0.2) is 34.9 Å². The van der Waals surface area contributed by atoms with Crippen LogP contribution in [-0.2, 0) is 6.54 Å². The lowest BCUT2D eigenvalue weighted by Gasteiger charge is -2.15. The lowest BCUT2D eigenvalue weighted by molar-refractivity contribution is 0.0988. The van der Waals surface area contributed by atoms with Crippen molar-refractivity contribution in [3.8, 4) is 0 Å². The summed E-state index contributed by atoms with van der Waals surface area (Å²) in [5, 5.41) is 6.89. The molecule has 1 aliphatic carbocycles. The quantitative estimate of drug-likeness (QED) is 0.919. The molecule has 1 N–H and O–H groups in total. The molecule has 2 aromatic rings. The van der Waals surface area contributed by atoms with Crippen LogP contribution in [0.2, 0.25) is 0 Å². The SMILES string of the molecule is O=C(Nc1cccc(CN2CCCC2)c1)c1cc(C2CC2)no1. The van der Waals surface area contributed by atoms with Crippen LogP contribution in [0.5, 0.6) is 0 Å². The number of amides is 1. The van der Waals surface area contributed by atoms with E-state index in [0.717, 1.165) is 30.8 Å². The molecule has 1 aromatic carbocycles. The summed E-state index contributed by atoms with van der Waals surface area (Å²) >= 11 is 0. The van der Waals surface area contributed by atoms with E-state index in [1.807, 2.05) is 18.2 Å². The normalized spacial score (nSPS) is 18.3. The number of hydrogen-bond acceptors (Lipinski definition) is 4. The van der Waals surface area contributed by atoms with Crippen LogP contribution in [0.1, 0.15) is 53.4 Å². The van der Waals surface area contributed by atoms with Crippen LogP contribution >= 0.6 is 0 Å². The highest BCUT2D eigenvalue weighted by molar-refractivity contribution is 6.02. The summed E-state index contributed by atoms with van der Waals surface area (Å²) in [6.45, 7) is 3.27. The number of carbonyl (C=O) groups is 1. The van der Waals surface area contributed by atoms with Crippen molar-refractivity contribution in [3.05, 3.63) is 47.3 Å². The molecule has 2 fully saturated rings. The molecule has 0 spiro atoms. The van der Waals surface area contributed by atoms with Gasteiger partial charge in [-0.2, -0.15) is 0 Å². The van der Waals surface area contributed by atoms with Crippen molar-refractivity contribution in [2.45, 2.75) is 38.1 Å². The summed E-state index contributed by atoms with van der Waals surface area (Å²) in [5.74, 6) is 0.545. The van der Waals surface area contributed by atoms with Crippen LogP contribution in [0.25, 0.3) is 0 Å². The summed E-state index contributed by atoms with van der Waals surface area (Å²) < 4.78 is 5.17. The fourth-order valence-corrected chi connectivity index (χ4v) is 3.11. The zero-order valence-corrected chi connectivity index (χ0v) is 13.1. The van der Waals surface area contributed by atoms with Gasteiger partial charge in [-0.15, -0.1) is 0 Å². The minimum atomic E-state index is -0.234. The molecule has 0 radical (unpaired) electrons. The molecule has 2 heterocycles. The second-order valence-corrected chi connectivity index (χ2v) is 6.53. The monoisotopic (exact) mass is 311 g/mol. The van der Waals surface area contributed by atoms with Crippen LogP contribution < -0.4 is 5.32 Å². The van der Waals surface area contributed by atoms with Crippen molar-refractivity contribution in [1.29, 1.82) is 0 Å². The molecule has 1 saturated carbocycles. The van der Waals surface area contributed by atoms with E-state index in [9.17, 15) is 4.79 Å². The second-order valence-electron chi connectivity index (χ2n) is 6.53. The Bertz CT molecular complexity index is 700. The van der Waals surface area contributed by atoms with Gasteiger partial charge in [0, 0.05) is 24.2 Å². The minimum absolute atomic E-state index is 0.234. The van der Waals surface area contributed by atoms with E-state index in [-0.39, 0.29) is 11.7 Å². The third-order valence-corrected chi connectivity index (χ3v) is 4.54. The lowest BCUT2D eigenvalue weighted by atomic mass is 10.2. The van der Waals surface area contributed by atoms with Gasteiger partial charge in [0.05, 0.1) is 5.69 Å². The van der Waals surface area contributed by atoms with E-state index in [1.54, 1.807) is 6.07 Å². The maximum Gasteiger partial charge on any atom is 0.294 e. The third kappa shape index (κ3) is 3.45. The summed E-state index contributed by atoms with van der Waals surface area (Å²) in [4.78, 5) is 14.7. The van der Waals surface area contributed by atoms with Crippen molar-refractivity contribution in [1.82, 2.24) is 10.1 Å². The van der Waals surface area contributed by atoms with Gasteiger partial charge in [-0.3, -0.25) is 9.69 Å². The molecule has 1 aliphatic heterocycles. The van der Waals surface area contributed by atoms with Crippen molar-refractivity contribution in [2.75, 3.05) is 18.4 Å². The molecule has 5 nitrogen and oxygen atoms in total. The Kier molecular flexibility index (Phi) is 3.87. The van der Waals surface area contributed by atoms with Crippen LogP contribution in [0, 0.1) is 0 Å². The van der Waals surface area contributed by atoms with Gasteiger partial charge in [-0.05, 0) is 56.5 Å². The maximum absolute atomic E-state index is 12.3. The molecule has 5 heteroatoms. The average molecular weight is 311 g/mol. The first-order valence-corrected chi connectivity index (χ1v) is 8.37.